The summed E-state index contributed by atoms with van der Waals surface area (Å²) in [5.41, 5.74) is 7.80. The molecule has 100 heavy (non-hydrogen) atoms. The minimum absolute atomic E-state index is 0.0570. The Balaban J connectivity index is 0.000000169. The van der Waals surface area contributed by atoms with Crippen molar-refractivity contribution in [1.82, 2.24) is 29.4 Å². The monoisotopic (exact) mass is 1390 g/mol. The molecule has 0 spiro atoms. The maximum Gasteiger partial charge on any atom is 0.162 e. The molecule has 12 rings (SSSR count). The smallest absolute Gasteiger partial charge is 0.162 e. The van der Waals surface area contributed by atoms with Gasteiger partial charge in [0.15, 0.2) is 34.9 Å². The van der Waals surface area contributed by atoms with Gasteiger partial charge in [-0.3, -0.25) is 9.80 Å². The standard InChI is InChI=1S/C15H22FN.C15H20FN.C14H19F2N.C14H17F2N.C14H20FN.C13H17F2N/c2*1-3-9-17-10-7-13(8-11-17)14-5-4-6-15(16)12(14)2;2*1-2-8-17-9-6-11(7-10-17)12-4-3-5-13(15)14(12)16;1-3-16-9-7-12(8-10-16)13-5-4-6-14(15)11(13)2;1-2-16-8-6-10(7-9-16)11-4-3-5-12(14)13(11)15/h4-6,13H,3,7-11H2,1-2H3;3-6,13H,1,7-11H2,2H3;3-5,11H,2,6-10H2,1H3;2-5,11H,1,6-10H2;4-6,12H,3,7-10H2,1-2H3;3-5,10H,2,6-9H2,1H3. The maximum absolute atomic E-state index is 13.6. The largest absolute Gasteiger partial charge is 0.304 e. The number of likely N-dealkylation sites (tertiary alicyclic amines) is 6. The van der Waals surface area contributed by atoms with Crippen LogP contribution in [0.5, 0.6) is 0 Å². The molecule has 0 aliphatic carbocycles. The van der Waals surface area contributed by atoms with Gasteiger partial charge in [0.2, 0.25) is 0 Å². The highest BCUT2D eigenvalue weighted by molar-refractivity contribution is 5.34. The van der Waals surface area contributed by atoms with Gasteiger partial charge in [-0.05, 0) is 337 Å². The highest BCUT2D eigenvalue weighted by atomic mass is 19.2. The summed E-state index contributed by atoms with van der Waals surface area (Å²) in [6.07, 6.45) is 18.6. The van der Waals surface area contributed by atoms with Gasteiger partial charge in [-0.1, -0.05) is 113 Å². The molecule has 0 radical (unpaired) electrons. The van der Waals surface area contributed by atoms with E-state index in [1.165, 1.54) is 60.7 Å². The van der Waals surface area contributed by atoms with E-state index in [1.54, 1.807) is 54.6 Å². The SMILES string of the molecule is C=CCN1CCC(c2cccc(F)c2C)CC1.C=CCN1CCC(c2cccc(F)c2F)CC1.CCCN1CCC(c2cccc(F)c2C)CC1.CCCN1CCC(c2cccc(F)c2F)CC1.CCN1CCC(c2cccc(F)c2C)CC1.CCN1CCC(c2cccc(F)c2F)CC1. The number of piperidine rings is 6. The van der Waals surface area contributed by atoms with Crippen molar-refractivity contribution in [2.75, 3.05) is 118 Å². The van der Waals surface area contributed by atoms with E-state index in [9.17, 15) is 39.5 Å². The maximum atomic E-state index is 13.6. The van der Waals surface area contributed by atoms with E-state index in [0.717, 1.165) is 199 Å². The van der Waals surface area contributed by atoms with Crippen molar-refractivity contribution in [3.8, 4) is 0 Å². The Bertz CT molecular complexity index is 3160. The number of hydrogen-bond acceptors (Lipinski definition) is 6. The van der Waals surface area contributed by atoms with Gasteiger partial charge in [0.1, 0.15) is 17.5 Å². The molecule has 6 fully saturated rings. The predicted molar refractivity (Wildman–Crippen MR) is 395 cm³/mol. The van der Waals surface area contributed by atoms with Crippen LogP contribution in [-0.4, -0.2) is 147 Å². The molecule has 6 aliphatic rings. The van der Waals surface area contributed by atoms with Gasteiger partial charge in [-0.25, -0.2) is 39.5 Å². The first-order valence-electron chi connectivity index (χ1n) is 37.4. The molecule has 0 N–H and O–H groups in total. The van der Waals surface area contributed by atoms with E-state index in [4.69, 9.17) is 0 Å². The van der Waals surface area contributed by atoms with Crippen molar-refractivity contribution >= 4 is 0 Å². The zero-order valence-corrected chi connectivity index (χ0v) is 61.1. The normalized spacial score (nSPS) is 18.6. The van der Waals surface area contributed by atoms with Gasteiger partial charge in [0, 0.05) is 13.1 Å². The molecule has 0 aromatic heterocycles. The summed E-state index contributed by atoms with van der Waals surface area (Å²) in [7, 11) is 0. The third kappa shape index (κ3) is 24.0. The van der Waals surface area contributed by atoms with Gasteiger partial charge < -0.3 is 19.6 Å². The molecule has 6 aromatic carbocycles. The highest BCUT2D eigenvalue weighted by Crippen LogP contribution is 2.37. The third-order valence-electron chi connectivity index (χ3n) is 21.8. The van der Waals surface area contributed by atoms with Crippen molar-refractivity contribution in [1.29, 1.82) is 0 Å². The van der Waals surface area contributed by atoms with Crippen LogP contribution in [0.4, 0.5) is 39.5 Å². The van der Waals surface area contributed by atoms with Crippen molar-refractivity contribution < 1.29 is 39.5 Å². The molecular formula is C85H115F9N6. The Morgan fingerprint density at radius 3 is 0.710 bits per heavy atom. The molecule has 6 aliphatic heterocycles. The van der Waals surface area contributed by atoms with Crippen molar-refractivity contribution in [2.24, 2.45) is 0 Å². The Morgan fingerprint density at radius 1 is 0.290 bits per heavy atom. The molecule has 6 nitrogen and oxygen atoms in total. The van der Waals surface area contributed by atoms with Gasteiger partial charge in [0.25, 0.3) is 0 Å². The second-order valence-electron chi connectivity index (χ2n) is 28.2. The van der Waals surface area contributed by atoms with Crippen molar-refractivity contribution in [3.05, 3.63) is 237 Å². The van der Waals surface area contributed by atoms with E-state index >= 15 is 0 Å². The number of halogens is 9. The van der Waals surface area contributed by atoms with Crippen LogP contribution in [0, 0.1) is 73.1 Å². The lowest BCUT2D eigenvalue weighted by Gasteiger charge is -2.32. The molecule has 0 saturated carbocycles. The number of benzene rings is 6. The Labute approximate surface area is 594 Å². The summed E-state index contributed by atoms with van der Waals surface area (Å²) >= 11 is 0. The molecular weight excluding hydrogens is 1280 g/mol. The summed E-state index contributed by atoms with van der Waals surface area (Å²) in [6.45, 7) is 40.8. The number of rotatable bonds is 16. The first-order chi connectivity index (χ1) is 48.3. The highest BCUT2D eigenvalue weighted by Gasteiger charge is 2.29. The van der Waals surface area contributed by atoms with Gasteiger partial charge in [0.05, 0.1) is 0 Å². The lowest BCUT2D eigenvalue weighted by molar-refractivity contribution is 0.210. The number of nitrogens with zero attached hydrogens (tertiary/aromatic N) is 6. The minimum atomic E-state index is -0.740. The molecule has 6 saturated heterocycles. The van der Waals surface area contributed by atoms with E-state index < -0.39 is 34.9 Å². The van der Waals surface area contributed by atoms with Crippen LogP contribution in [0.2, 0.25) is 0 Å². The van der Waals surface area contributed by atoms with E-state index in [-0.39, 0.29) is 35.2 Å². The summed E-state index contributed by atoms with van der Waals surface area (Å²) in [5, 5.41) is 0. The first kappa shape index (κ1) is 81.2. The van der Waals surface area contributed by atoms with Crippen LogP contribution in [-0.2, 0) is 0 Å². The quantitative estimate of drug-likeness (QED) is 0.0705. The lowest BCUT2D eigenvalue weighted by atomic mass is 9.86. The summed E-state index contributed by atoms with van der Waals surface area (Å²) in [4.78, 5) is 14.4. The van der Waals surface area contributed by atoms with Crippen LogP contribution >= 0.6 is 0 Å². The Kier molecular flexibility index (Phi) is 34.5. The average Bonchev–Trinajstić information content (AvgIpc) is 0.876. The second-order valence-corrected chi connectivity index (χ2v) is 28.2. The molecule has 0 atom stereocenters. The molecule has 0 unspecified atom stereocenters. The van der Waals surface area contributed by atoms with Crippen LogP contribution in [0.15, 0.2) is 135 Å². The average molecular weight is 1390 g/mol. The molecule has 6 heterocycles. The van der Waals surface area contributed by atoms with Crippen molar-refractivity contribution in [3.63, 3.8) is 0 Å². The zero-order valence-electron chi connectivity index (χ0n) is 61.1. The van der Waals surface area contributed by atoms with Gasteiger partial charge in [-0.15, -0.1) is 13.2 Å². The van der Waals surface area contributed by atoms with E-state index in [2.05, 4.69) is 88.5 Å². The van der Waals surface area contributed by atoms with Crippen LogP contribution < -0.4 is 0 Å². The summed E-state index contributed by atoms with van der Waals surface area (Å²) in [5.74, 6) is -2.23. The fourth-order valence-electron chi connectivity index (χ4n) is 15.6. The predicted octanol–water partition coefficient (Wildman–Crippen LogP) is 20.6. The molecule has 548 valence electrons. The van der Waals surface area contributed by atoms with Gasteiger partial charge in [-0.2, -0.15) is 0 Å². The molecule has 6 aromatic rings. The third-order valence-corrected chi connectivity index (χ3v) is 21.8. The summed E-state index contributed by atoms with van der Waals surface area (Å²) < 4.78 is 121. The zero-order chi connectivity index (χ0) is 72.1. The fraction of sp³-hybridized carbons (Fsp3) is 0.529. The number of hydrogen-bond donors (Lipinski definition) is 0. The molecule has 0 bridgehead atoms. The summed E-state index contributed by atoms with van der Waals surface area (Å²) in [6, 6.07) is 29.9. The van der Waals surface area contributed by atoms with Crippen LogP contribution in [0.3, 0.4) is 0 Å². The topological polar surface area (TPSA) is 19.4 Å². The van der Waals surface area contributed by atoms with Gasteiger partial charge >= 0.3 is 0 Å². The Hall–Kier alpha value is -6.07. The Morgan fingerprint density at radius 2 is 0.490 bits per heavy atom. The minimum Gasteiger partial charge on any atom is -0.304 e. The lowest BCUT2D eigenvalue weighted by Crippen LogP contribution is -2.33. The fourth-order valence-corrected chi connectivity index (χ4v) is 15.6. The van der Waals surface area contributed by atoms with E-state index in [1.807, 2.05) is 51.1 Å². The second kappa shape index (κ2) is 42.5. The van der Waals surface area contributed by atoms with Crippen LogP contribution in [0.1, 0.15) is 203 Å². The van der Waals surface area contributed by atoms with Crippen molar-refractivity contribution in [2.45, 2.75) is 174 Å². The molecule has 15 heteroatoms. The van der Waals surface area contributed by atoms with Crippen LogP contribution in [0.25, 0.3) is 0 Å². The molecule has 0 amide bonds. The first-order valence-corrected chi connectivity index (χ1v) is 37.4. The van der Waals surface area contributed by atoms with E-state index in [0.29, 0.717) is 34.4 Å².